The van der Waals surface area contributed by atoms with Crippen molar-refractivity contribution in [3.63, 3.8) is 0 Å². The highest BCUT2D eigenvalue weighted by atomic mass is 16.5. The van der Waals surface area contributed by atoms with E-state index in [0.29, 0.717) is 26.1 Å². The molecule has 0 aromatic rings. The Morgan fingerprint density at radius 2 is 1.61 bits per heavy atom. The number of amides is 1. The third-order valence-corrected chi connectivity index (χ3v) is 5.68. The third-order valence-electron chi connectivity index (χ3n) is 5.68. The molecule has 0 saturated heterocycles. The molecule has 0 rings (SSSR count). The van der Waals surface area contributed by atoms with Gasteiger partial charge in [0.25, 0.3) is 0 Å². The average molecular weight is 401 g/mol. The molecule has 0 aromatic carbocycles. The van der Waals surface area contributed by atoms with Gasteiger partial charge in [-0.3, -0.25) is 10.1 Å². The van der Waals surface area contributed by atoms with Crippen LogP contribution in [0.25, 0.3) is 0 Å². The average Bonchev–Trinajstić information content (AvgIpc) is 2.58. The van der Waals surface area contributed by atoms with Gasteiger partial charge in [-0.15, -0.1) is 0 Å². The standard InChI is InChI=1S/C18H36N2O3.C5H12/c1-16(2,3)18(6,10-12-21)13-15(22)20(8)11-9-17(4,5)23-14-19-7;1-3-5-4-2/h12,19H,9-11,13-14H2,1-8H3;3-5H2,1-2H3. The molecule has 0 bridgehead atoms. The van der Waals surface area contributed by atoms with Crippen molar-refractivity contribution in [1.82, 2.24) is 10.2 Å². The fourth-order valence-electron chi connectivity index (χ4n) is 2.55. The maximum Gasteiger partial charge on any atom is 0.222 e. The summed E-state index contributed by atoms with van der Waals surface area (Å²) in [6.07, 6.45) is 6.54. The maximum atomic E-state index is 12.6. The molecule has 1 amide bonds. The first kappa shape index (κ1) is 29.3. The number of hydrogen-bond acceptors (Lipinski definition) is 4. The van der Waals surface area contributed by atoms with Crippen LogP contribution in [0.4, 0.5) is 0 Å². The molecule has 0 aliphatic heterocycles. The first-order valence-electron chi connectivity index (χ1n) is 10.8. The smallest absolute Gasteiger partial charge is 0.222 e. The molecule has 0 radical (unpaired) electrons. The molecule has 5 heteroatoms. The summed E-state index contributed by atoms with van der Waals surface area (Å²) in [5.74, 6) is 0.0775. The lowest BCUT2D eigenvalue weighted by molar-refractivity contribution is -0.135. The molecular formula is C23H48N2O3. The molecule has 28 heavy (non-hydrogen) atoms. The van der Waals surface area contributed by atoms with Crippen molar-refractivity contribution in [1.29, 1.82) is 0 Å². The van der Waals surface area contributed by atoms with Crippen molar-refractivity contribution in [2.45, 2.75) is 99.5 Å². The van der Waals surface area contributed by atoms with Gasteiger partial charge < -0.3 is 14.4 Å². The Bertz CT molecular complexity index is 428. The second kappa shape index (κ2) is 14.1. The normalized spacial score (nSPS) is 13.9. The Hall–Kier alpha value is -0.940. The van der Waals surface area contributed by atoms with Crippen molar-refractivity contribution in [2.24, 2.45) is 10.8 Å². The zero-order valence-corrected chi connectivity index (χ0v) is 20.4. The fraction of sp³-hybridized carbons (Fsp3) is 0.913. The minimum Gasteiger partial charge on any atom is -0.360 e. The minimum absolute atomic E-state index is 0.0775. The molecule has 0 spiro atoms. The van der Waals surface area contributed by atoms with Crippen LogP contribution in [0.2, 0.25) is 0 Å². The molecule has 0 fully saturated rings. The lowest BCUT2D eigenvalue weighted by Gasteiger charge is -2.41. The summed E-state index contributed by atoms with van der Waals surface area (Å²) >= 11 is 0. The Morgan fingerprint density at radius 3 is 1.96 bits per heavy atom. The highest BCUT2D eigenvalue weighted by molar-refractivity contribution is 5.77. The van der Waals surface area contributed by atoms with E-state index >= 15 is 0 Å². The monoisotopic (exact) mass is 400 g/mol. The molecule has 1 atom stereocenters. The Balaban J connectivity index is 0. The van der Waals surface area contributed by atoms with Crippen LogP contribution in [-0.2, 0) is 14.3 Å². The van der Waals surface area contributed by atoms with Crippen LogP contribution < -0.4 is 5.32 Å². The van der Waals surface area contributed by atoms with Gasteiger partial charge in [0.1, 0.15) is 6.29 Å². The number of hydrogen-bond donors (Lipinski definition) is 1. The van der Waals surface area contributed by atoms with E-state index < -0.39 is 0 Å². The molecule has 0 aliphatic rings. The van der Waals surface area contributed by atoms with Crippen LogP contribution in [0, 0.1) is 10.8 Å². The van der Waals surface area contributed by atoms with Crippen LogP contribution in [0.1, 0.15) is 93.9 Å². The largest absolute Gasteiger partial charge is 0.360 e. The van der Waals surface area contributed by atoms with E-state index in [1.54, 1.807) is 4.90 Å². The van der Waals surface area contributed by atoms with E-state index in [0.717, 1.165) is 12.7 Å². The van der Waals surface area contributed by atoms with E-state index in [1.165, 1.54) is 19.3 Å². The highest BCUT2D eigenvalue weighted by Gasteiger charge is 2.39. The van der Waals surface area contributed by atoms with Crippen LogP contribution in [0.15, 0.2) is 0 Å². The number of carbonyl (C=O) groups is 2. The Morgan fingerprint density at radius 1 is 1.07 bits per heavy atom. The van der Waals surface area contributed by atoms with Gasteiger partial charge in [0.2, 0.25) is 5.91 Å². The molecule has 5 nitrogen and oxygen atoms in total. The van der Waals surface area contributed by atoms with Gasteiger partial charge >= 0.3 is 0 Å². The number of carbonyl (C=O) groups excluding carboxylic acids is 2. The van der Waals surface area contributed by atoms with Gasteiger partial charge in [-0.2, -0.15) is 0 Å². The molecule has 1 unspecified atom stereocenters. The number of unbranched alkanes of at least 4 members (excludes halogenated alkanes) is 2. The first-order valence-corrected chi connectivity index (χ1v) is 10.8. The summed E-state index contributed by atoms with van der Waals surface area (Å²) in [4.78, 5) is 25.3. The quantitative estimate of drug-likeness (QED) is 0.368. The molecule has 0 aromatic heterocycles. The molecule has 0 saturated carbocycles. The van der Waals surface area contributed by atoms with Gasteiger partial charge in [-0.1, -0.05) is 60.8 Å². The van der Waals surface area contributed by atoms with Crippen molar-refractivity contribution in [3.05, 3.63) is 0 Å². The summed E-state index contributed by atoms with van der Waals surface area (Å²) in [5, 5.41) is 2.96. The molecular weight excluding hydrogens is 352 g/mol. The summed E-state index contributed by atoms with van der Waals surface area (Å²) in [7, 11) is 3.66. The van der Waals surface area contributed by atoms with Gasteiger partial charge in [0, 0.05) is 26.4 Å². The number of ether oxygens (including phenoxy) is 1. The molecule has 1 N–H and O–H groups in total. The van der Waals surface area contributed by atoms with E-state index in [9.17, 15) is 9.59 Å². The number of nitrogens with zero attached hydrogens (tertiary/aromatic N) is 1. The SMILES string of the molecule is CCCCC.CNCOC(C)(C)CCN(C)C(=O)CC(C)(CC=O)C(C)(C)C. The van der Waals surface area contributed by atoms with Crippen LogP contribution in [0.5, 0.6) is 0 Å². The van der Waals surface area contributed by atoms with Crippen LogP contribution >= 0.6 is 0 Å². The zero-order chi connectivity index (χ0) is 22.4. The van der Waals surface area contributed by atoms with Crippen molar-refractivity contribution in [3.8, 4) is 0 Å². The van der Waals surface area contributed by atoms with Gasteiger partial charge in [-0.05, 0) is 38.1 Å². The Kier molecular flexibility index (Phi) is 14.7. The van der Waals surface area contributed by atoms with Gasteiger partial charge in [-0.25, -0.2) is 0 Å². The lowest BCUT2D eigenvalue weighted by Crippen LogP contribution is -2.41. The van der Waals surface area contributed by atoms with E-state index in [1.807, 2.05) is 34.9 Å². The van der Waals surface area contributed by atoms with E-state index in [2.05, 4.69) is 39.9 Å². The minimum atomic E-state index is -0.335. The Labute approximate surface area is 175 Å². The van der Waals surface area contributed by atoms with E-state index in [4.69, 9.17) is 4.74 Å². The van der Waals surface area contributed by atoms with E-state index in [-0.39, 0.29) is 22.3 Å². The van der Waals surface area contributed by atoms with Crippen molar-refractivity contribution >= 4 is 12.2 Å². The maximum absolute atomic E-state index is 12.6. The summed E-state index contributed by atoms with van der Waals surface area (Å²) in [6.45, 7) is 17.9. The van der Waals surface area contributed by atoms with Gasteiger partial charge in [0.05, 0.1) is 12.3 Å². The van der Waals surface area contributed by atoms with Crippen molar-refractivity contribution < 1.29 is 14.3 Å². The third kappa shape index (κ3) is 12.5. The van der Waals surface area contributed by atoms with Crippen molar-refractivity contribution in [2.75, 3.05) is 27.4 Å². The predicted octanol–water partition coefficient (Wildman–Crippen LogP) is 5.04. The first-order chi connectivity index (χ1) is 12.8. The zero-order valence-electron chi connectivity index (χ0n) is 20.4. The summed E-state index contributed by atoms with van der Waals surface area (Å²) in [6, 6.07) is 0. The number of rotatable bonds is 12. The molecule has 0 aliphatic carbocycles. The molecule has 0 heterocycles. The predicted molar refractivity (Wildman–Crippen MR) is 119 cm³/mol. The van der Waals surface area contributed by atoms with Crippen LogP contribution in [-0.4, -0.2) is 50.1 Å². The lowest BCUT2D eigenvalue weighted by atomic mass is 9.64. The highest BCUT2D eigenvalue weighted by Crippen LogP contribution is 2.43. The second-order valence-corrected chi connectivity index (χ2v) is 9.68. The number of nitrogens with one attached hydrogen (secondary N) is 1. The van der Waals surface area contributed by atoms with Gasteiger partial charge in [0.15, 0.2) is 0 Å². The fourth-order valence-corrected chi connectivity index (χ4v) is 2.55. The molecule has 168 valence electrons. The number of aldehydes is 1. The second-order valence-electron chi connectivity index (χ2n) is 9.68. The topological polar surface area (TPSA) is 58.6 Å². The summed E-state index contributed by atoms with van der Waals surface area (Å²) < 4.78 is 5.71. The van der Waals surface area contributed by atoms with Crippen LogP contribution in [0.3, 0.4) is 0 Å². The summed E-state index contributed by atoms with van der Waals surface area (Å²) in [5.41, 5.74) is -0.731.